The van der Waals surface area contributed by atoms with E-state index in [0.29, 0.717) is 17.6 Å². The first-order valence-electron chi connectivity index (χ1n) is 5.50. The SMILES string of the molecule is CCC1CC1Nc1ccc(S(N)(=O)=O)cc1F. The zero-order chi connectivity index (χ0) is 12.6. The molecule has 1 aliphatic carbocycles. The molecule has 0 aromatic heterocycles. The van der Waals surface area contributed by atoms with Crippen LogP contribution >= 0.6 is 0 Å². The van der Waals surface area contributed by atoms with Crippen LogP contribution in [0.5, 0.6) is 0 Å². The van der Waals surface area contributed by atoms with Crippen molar-refractivity contribution in [3.63, 3.8) is 0 Å². The predicted octanol–water partition coefficient (Wildman–Crippen LogP) is 1.68. The van der Waals surface area contributed by atoms with Gasteiger partial charge in [0.1, 0.15) is 5.82 Å². The smallest absolute Gasteiger partial charge is 0.238 e. The van der Waals surface area contributed by atoms with Gasteiger partial charge in [0.15, 0.2) is 0 Å². The molecular formula is C11H15FN2O2S. The summed E-state index contributed by atoms with van der Waals surface area (Å²) in [5.41, 5.74) is 0.332. The number of hydrogen-bond acceptors (Lipinski definition) is 3. The molecule has 3 N–H and O–H groups in total. The van der Waals surface area contributed by atoms with Gasteiger partial charge < -0.3 is 5.32 Å². The summed E-state index contributed by atoms with van der Waals surface area (Å²) in [6, 6.07) is 3.97. The van der Waals surface area contributed by atoms with E-state index in [1.807, 2.05) is 0 Å². The Hall–Kier alpha value is -1.14. The minimum atomic E-state index is -3.84. The number of halogens is 1. The Morgan fingerprint density at radius 1 is 1.53 bits per heavy atom. The highest BCUT2D eigenvalue weighted by Crippen LogP contribution is 2.36. The third-order valence-corrected chi connectivity index (χ3v) is 3.97. The molecule has 1 aliphatic rings. The standard InChI is InChI=1S/C11H15FN2O2S/c1-2-7-5-11(7)14-10-4-3-8(6-9(10)12)17(13,15)16/h3-4,6-7,11,14H,2,5H2,1H3,(H2,13,15,16). The van der Waals surface area contributed by atoms with Crippen LogP contribution in [0.4, 0.5) is 10.1 Å². The topological polar surface area (TPSA) is 72.2 Å². The fourth-order valence-corrected chi connectivity index (χ4v) is 2.39. The fourth-order valence-electron chi connectivity index (χ4n) is 1.87. The fraction of sp³-hybridized carbons (Fsp3) is 0.455. The van der Waals surface area contributed by atoms with E-state index in [9.17, 15) is 12.8 Å². The zero-order valence-electron chi connectivity index (χ0n) is 9.48. The van der Waals surface area contributed by atoms with Gasteiger partial charge in [0.2, 0.25) is 10.0 Å². The average Bonchev–Trinajstić information content (AvgIpc) is 2.98. The Balaban J connectivity index is 2.15. The summed E-state index contributed by atoms with van der Waals surface area (Å²) in [7, 11) is -3.84. The molecule has 1 saturated carbocycles. The average molecular weight is 258 g/mol. The van der Waals surface area contributed by atoms with Crippen molar-refractivity contribution >= 4 is 15.7 Å². The van der Waals surface area contributed by atoms with Crippen LogP contribution in [-0.2, 0) is 10.0 Å². The lowest BCUT2D eigenvalue weighted by Crippen LogP contribution is -2.13. The normalized spacial score (nSPS) is 23.5. The van der Waals surface area contributed by atoms with Crippen LogP contribution in [0.25, 0.3) is 0 Å². The summed E-state index contributed by atoms with van der Waals surface area (Å²) in [6.45, 7) is 2.09. The van der Waals surface area contributed by atoms with Crippen molar-refractivity contribution < 1.29 is 12.8 Å². The van der Waals surface area contributed by atoms with Gasteiger partial charge in [-0.05, 0) is 30.5 Å². The van der Waals surface area contributed by atoms with Crippen molar-refractivity contribution in [1.82, 2.24) is 0 Å². The second-order valence-electron chi connectivity index (χ2n) is 4.34. The second kappa shape index (κ2) is 4.27. The molecule has 1 fully saturated rings. The molecule has 0 radical (unpaired) electrons. The second-order valence-corrected chi connectivity index (χ2v) is 5.90. The molecule has 94 valence electrons. The first-order chi connectivity index (χ1) is 7.91. The van der Waals surface area contributed by atoms with E-state index in [1.165, 1.54) is 12.1 Å². The van der Waals surface area contributed by atoms with Crippen molar-refractivity contribution in [2.24, 2.45) is 11.1 Å². The summed E-state index contributed by atoms with van der Waals surface area (Å²) in [5, 5.41) is 7.97. The maximum absolute atomic E-state index is 13.6. The highest BCUT2D eigenvalue weighted by molar-refractivity contribution is 7.89. The minimum absolute atomic E-state index is 0.205. The summed E-state index contributed by atoms with van der Waals surface area (Å²) in [6.07, 6.45) is 2.10. The van der Waals surface area contributed by atoms with Gasteiger partial charge in [-0.2, -0.15) is 0 Å². The molecule has 0 bridgehead atoms. The molecule has 0 amide bonds. The van der Waals surface area contributed by atoms with Gasteiger partial charge in [0.05, 0.1) is 10.6 Å². The Kier molecular flexibility index (Phi) is 3.09. The number of nitrogens with two attached hydrogens (primary N) is 1. The number of sulfonamides is 1. The lowest BCUT2D eigenvalue weighted by atomic mass is 10.3. The lowest BCUT2D eigenvalue weighted by molar-refractivity contribution is 0.592. The van der Waals surface area contributed by atoms with Crippen LogP contribution in [0.3, 0.4) is 0 Å². The third kappa shape index (κ3) is 2.76. The van der Waals surface area contributed by atoms with Crippen LogP contribution in [0.1, 0.15) is 19.8 Å². The van der Waals surface area contributed by atoms with Gasteiger partial charge >= 0.3 is 0 Å². The quantitative estimate of drug-likeness (QED) is 0.863. The summed E-state index contributed by atoms with van der Waals surface area (Å²) in [5.74, 6) is 0.00518. The summed E-state index contributed by atoms with van der Waals surface area (Å²) < 4.78 is 35.7. The maximum atomic E-state index is 13.6. The minimum Gasteiger partial charge on any atom is -0.380 e. The molecule has 17 heavy (non-hydrogen) atoms. The molecule has 1 aromatic carbocycles. The summed E-state index contributed by atoms with van der Waals surface area (Å²) >= 11 is 0. The predicted molar refractivity (Wildman–Crippen MR) is 63.6 cm³/mol. The molecule has 0 spiro atoms. The molecule has 6 heteroatoms. The highest BCUT2D eigenvalue weighted by atomic mass is 32.2. The molecule has 2 unspecified atom stereocenters. The Labute approximate surface area is 100 Å². The van der Waals surface area contributed by atoms with Gasteiger partial charge in [-0.25, -0.2) is 17.9 Å². The van der Waals surface area contributed by atoms with Gasteiger partial charge in [-0.3, -0.25) is 0 Å². The number of benzene rings is 1. The van der Waals surface area contributed by atoms with E-state index in [2.05, 4.69) is 12.2 Å². The molecule has 0 aliphatic heterocycles. The van der Waals surface area contributed by atoms with Crippen molar-refractivity contribution in [2.45, 2.75) is 30.7 Å². The monoisotopic (exact) mass is 258 g/mol. The molecular weight excluding hydrogens is 243 g/mol. The van der Waals surface area contributed by atoms with Crippen molar-refractivity contribution in [3.8, 4) is 0 Å². The van der Waals surface area contributed by atoms with Crippen LogP contribution in [0, 0.1) is 11.7 Å². The molecule has 0 heterocycles. The van der Waals surface area contributed by atoms with Crippen LogP contribution in [-0.4, -0.2) is 14.5 Å². The molecule has 2 rings (SSSR count). The first kappa shape index (κ1) is 12.3. The van der Waals surface area contributed by atoms with E-state index >= 15 is 0 Å². The zero-order valence-corrected chi connectivity index (χ0v) is 10.3. The Bertz CT molecular complexity index is 530. The number of nitrogens with one attached hydrogen (secondary N) is 1. The summed E-state index contributed by atoms with van der Waals surface area (Å²) in [4.78, 5) is -0.205. The van der Waals surface area contributed by atoms with Crippen LogP contribution < -0.4 is 10.5 Å². The van der Waals surface area contributed by atoms with Crippen LogP contribution in [0.2, 0.25) is 0 Å². The largest absolute Gasteiger partial charge is 0.380 e. The molecule has 4 nitrogen and oxygen atoms in total. The number of hydrogen-bond donors (Lipinski definition) is 2. The van der Waals surface area contributed by atoms with Crippen molar-refractivity contribution in [1.29, 1.82) is 0 Å². The van der Waals surface area contributed by atoms with Gasteiger partial charge in [-0.1, -0.05) is 13.3 Å². The van der Waals surface area contributed by atoms with Crippen molar-refractivity contribution in [3.05, 3.63) is 24.0 Å². The third-order valence-electron chi connectivity index (χ3n) is 3.06. The van der Waals surface area contributed by atoms with Gasteiger partial charge in [0.25, 0.3) is 0 Å². The van der Waals surface area contributed by atoms with Crippen LogP contribution in [0.15, 0.2) is 23.1 Å². The Morgan fingerprint density at radius 3 is 2.71 bits per heavy atom. The number of primary sulfonamides is 1. The van der Waals surface area contributed by atoms with E-state index in [1.54, 1.807) is 0 Å². The molecule has 2 atom stereocenters. The van der Waals surface area contributed by atoms with E-state index in [4.69, 9.17) is 5.14 Å². The van der Waals surface area contributed by atoms with Gasteiger partial charge in [-0.15, -0.1) is 0 Å². The van der Waals surface area contributed by atoms with E-state index in [0.717, 1.165) is 18.9 Å². The molecule has 0 saturated heterocycles. The number of anilines is 1. The van der Waals surface area contributed by atoms with E-state index in [-0.39, 0.29) is 4.90 Å². The van der Waals surface area contributed by atoms with Crippen molar-refractivity contribution in [2.75, 3.05) is 5.32 Å². The first-order valence-corrected chi connectivity index (χ1v) is 7.05. The highest BCUT2D eigenvalue weighted by Gasteiger charge is 2.35. The Morgan fingerprint density at radius 2 is 2.24 bits per heavy atom. The maximum Gasteiger partial charge on any atom is 0.238 e. The number of rotatable bonds is 4. The van der Waals surface area contributed by atoms with E-state index < -0.39 is 15.8 Å². The van der Waals surface area contributed by atoms with Gasteiger partial charge in [0, 0.05) is 6.04 Å². The molecule has 1 aromatic rings. The lowest BCUT2D eigenvalue weighted by Gasteiger charge is -2.08.